The van der Waals surface area contributed by atoms with E-state index in [1.54, 1.807) is 0 Å². The topological polar surface area (TPSA) is 50.1 Å². The number of piperidine rings is 1. The maximum atomic E-state index is 6.22. The van der Waals surface area contributed by atoms with Gasteiger partial charge in [0, 0.05) is 11.6 Å². The summed E-state index contributed by atoms with van der Waals surface area (Å²) >= 11 is 0. The zero-order chi connectivity index (χ0) is 9.31. The van der Waals surface area contributed by atoms with Crippen molar-refractivity contribution in [2.75, 3.05) is 19.6 Å². The highest BCUT2D eigenvalue weighted by molar-refractivity contribution is 4.94. The Morgan fingerprint density at radius 3 is 3.08 bits per heavy atom. The summed E-state index contributed by atoms with van der Waals surface area (Å²) in [5, 5.41) is 7.07. The number of rotatable bonds is 0. The first-order valence-corrected chi connectivity index (χ1v) is 5.40. The molecule has 0 spiro atoms. The Balaban J connectivity index is 2.03. The van der Waals surface area contributed by atoms with E-state index >= 15 is 0 Å². The molecular weight excluding hydrogens is 162 g/mol. The molecule has 2 heterocycles. The summed E-state index contributed by atoms with van der Waals surface area (Å²) in [5.74, 6) is 0.742. The molecule has 0 aromatic heterocycles. The molecule has 0 amide bonds. The second kappa shape index (κ2) is 3.56. The van der Waals surface area contributed by atoms with Gasteiger partial charge in [-0.25, -0.2) is 0 Å². The number of hydrogen-bond acceptors (Lipinski definition) is 3. The summed E-state index contributed by atoms with van der Waals surface area (Å²) < 4.78 is 0. The lowest BCUT2D eigenvalue weighted by molar-refractivity contribution is 0.256. The van der Waals surface area contributed by atoms with Crippen LogP contribution in [0.2, 0.25) is 0 Å². The fourth-order valence-electron chi connectivity index (χ4n) is 2.65. The van der Waals surface area contributed by atoms with E-state index < -0.39 is 0 Å². The molecule has 3 heteroatoms. The van der Waals surface area contributed by atoms with Gasteiger partial charge in [0.1, 0.15) is 0 Å². The lowest BCUT2D eigenvalue weighted by Crippen LogP contribution is -2.48. The van der Waals surface area contributed by atoms with E-state index in [-0.39, 0.29) is 5.54 Å². The summed E-state index contributed by atoms with van der Waals surface area (Å²) in [6.07, 6.45) is 3.54. The minimum atomic E-state index is 0.0471. The largest absolute Gasteiger partial charge is 0.325 e. The van der Waals surface area contributed by atoms with Gasteiger partial charge in [-0.2, -0.15) is 0 Å². The van der Waals surface area contributed by atoms with E-state index in [1.807, 2.05) is 0 Å². The van der Waals surface area contributed by atoms with E-state index in [2.05, 4.69) is 17.6 Å². The molecule has 2 saturated heterocycles. The van der Waals surface area contributed by atoms with Gasteiger partial charge < -0.3 is 16.4 Å². The summed E-state index contributed by atoms with van der Waals surface area (Å²) in [6.45, 7) is 5.58. The Bertz CT molecular complexity index is 179. The summed E-state index contributed by atoms with van der Waals surface area (Å²) in [6, 6.07) is 0.714. The van der Waals surface area contributed by atoms with Crippen LogP contribution in [0.5, 0.6) is 0 Å². The van der Waals surface area contributed by atoms with Crippen LogP contribution in [-0.4, -0.2) is 31.2 Å². The molecule has 3 atom stereocenters. The molecule has 0 saturated carbocycles. The van der Waals surface area contributed by atoms with Gasteiger partial charge in [-0.05, 0) is 51.7 Å². The van der Waals surface area contributed by atoms with Gasteiger partial charge in [0.15, 0.2) is 0 Å². The predicted molar refractivity (Wildman–Crippen MR) is 54.6 cm³/mol. The van der Waals surface area contributed by atoms with Crippen LogP contribution in [0.4, 0.5) is 0 Å². The Kier molecular flexibility index (Phi) is 2.58. The van der Waals surface area contributed by atoms with Crippen LogP contribution in [0, 0.1) is 5.92 Å². The minimum Gasteiger partial charge on any atom is -0.325 e. The van der Waals surface area contributed by atoms with Crippen LogP contribution in [0.1, 0.15) is 26.2 Å². The maximum absolute atomic E-state index is 6.22. The third-order valence-electron chi connectivity index (χ3n) is 3.44. The first-order chi connectivity index (χ1) is 6.17. The number of hydrogen-bond donors (Lipinski definition) is 3. The fraction of sp³-hybridized carbons (Fsp3) is 1.00. The molecule has 2 aliphatic rings. The first-order valence-electron chi connectivity index (χ1n) is 5.40. The van der Waals surface area contributed by atoms with E-state index in [1.165, 1.54) is 6.42 Å². The quantitative estimate of drug-likeness (QED) is 0.498. The highest BCUT2D eigenvalue weighted by atomic mass is 15.0. The van der Waals surface area contributed by atoms with Crippen molar-refractivity contribution in [3.63, 3.8) is 0 Å². The standard InChI is InChI=1S/C10H21N3/c1-10(11)3-5-13-9-2-4-12-7-8(9)6-10/h8-9,12-13H,2-7,11H2,1H3. The van der Waals surface area contributed by atoms with Crippen LogP contribution in [0.15, 0.2) is 0 Å². The first kappa shape index (κ1) is 9.44. The molecule has 0 aromatic rings. The lowest BCUT2D eigenvalue weighted by Gasteiger charge is -2.33. The van der Waals surface area contributed by atoms with Crippen molar-refractivity contribution in [1.29, 1.82) is 0 Å². The highest BCUT2D eigenvalue weighted by Gasteiger charge is 2.33. The molecule has 0 bridgehead atoms. The number of nitrogens with one attached hydrogen (secondary N) is 2. The second-order valence-corrected chi connectivity index (χ2v) is 4.92. The summed E-state index contributed by atoms with van der Waals surface area (Å²) in [5.41, 5.74) is 6.26. The number of fused-ring (bicyclic) bond motifs is 1. The molecule has 4 N–H and O–H groups in total. The van der Waals surface area contributed by atoms with Crippen molar-refractivity contribution in [3.05, 3.63) is 0 Å². The zero-order valence-corrected chi connectivity index (χ0v) is 8.47. The molecule has 0 aromatic carbocycles. The average molecular weight is 183 g/mol. The van der Waals surface area contributed by atoms with Crippen molar-refractivity contribution < 1.29 is 0 Å². The van der Waals surface area contributed by atoms with E-state index in [0.717, 1.165) is 38.4 Å². The molecule has 0 aliphatic carbocycles. The summed E-state index contributed by atoms with van der Waals surface area (Å²) in [7, 11) is 0. The molecule has 13 heavy (non-hydrogen) atoms. The van der Waals surface area contributed by atoms with Gasteiger partial charge in [-0.15, -0.1) is 0 Å². The van der Waals surface area contributed by atoms with Crippen LogP contribution < -0.4 is 16.4 Å². The molecule has 2 fully saturated rings. The van der Waals surface area contributed by atoms with Crippen LogP contribution in [0.3, 0.4) is 0 Å². The SMILES string of the molecule is CC1(N)CCNC2CCNCC2C1. The van der Waals surface area contributed by atoms with Crippen LogP contribution >= 0.6 is 0 Å². The highest BCUT2D eigenvalue weighted by Crippen LogP contribution is 2.26. The third kappa shape index (κ3) is 2.22. The van der Waals surface area contributed by atoms with Crippen LogP contribution in [0.25, 0.3) is 0 Å². The van der Waals surface area contributed by atoms with Crippen molar-refractivity contribution in [1.82, 2.24) is 10.6 Å². The van der Waals surface area contributed by atoms with Gasteiger partial charge in [-0.1, -0.05) is 0 Å². The molecular formula is C10H21N3. The predicted octanol–water partition coefficient (Wildman–Crippen LogP) is 0.0653. The smallest absolute Gasteiger partial charge is 0.0141 e. The Morgan fingerprint density at radius 1 is 1.38 bits per heavy atom. The van der Waals surface area contributed by atoms with Crippen molar-refractivity contribution in [2.45, 2.75) is 37.8 Å². The van der Waals surface area contributed by atoms with Gasteiger partial charge in [0.2, 0.25) is 0 Å². The second-order valence-electron chi connectivity index (χ2n) is 4.92. The number of nitrogens with two attached hydrogens (primary N) is 1. The minimum absolute atomic E-state index is 0.0471. The normalized spacial score (nSPS) is 46.6. The molecule has 2 aliphatic heterocycles. The fourth-order valence-corrected chi connectivity index (χ4v) is 2.65. The van der Waals surface area contributed by atoms with Gasteiger partial charge in [-0.3, -0.25) is 0 Å². The molecule has 0 radical (unpaired) electrons. The zero-order valence-electron chi connectivity index (χ0n) is 8.47. The van der Waals surface area contributed by atoms with Crippen molar-refractivity contribution in [3.8, 4) is 0 Å². The molecule has 76 valence electrons. The molecule has 3 nitrogen and oxygen atoms in total. The van der Waals surface area contributed by atoms with E-state index in [9.17, 15) is 0 Å². The van der Waals surface area contributed by atoms with Crippen molar-refractivity contribution >= 4 is 0 Å². The maximum Gasteiger partial charge on any atom is 0.0141 e. The van der Waals surface area contributed by atoms with Crippen molar-refractivity contribution in [2.24, 2.45) is 11.7 Å². The van der Waals surface area contributed by atoms with Gasteiger partial charge >= 0.3 is 0 Å². The molecule has 2 rings (SSSR count). The van der Waals surface area contributed by atoms with Gasteiger partial charge in [0.25, 0.3) is 0 Å². The monoisotopic (exact) mass is 183 g/mol. The Hall–Kier alpha value is -0.120. The third-order valence-corrected chi connectivity index (χ3v) is 3.44. The lowest BCUT2D eigenvalue weighted by atomic mass is 9.83. The molecule has 3 unspecified atom stereocenters. The van der Waals surface area contributed by atoms with Crippen LogP contribution in [-0.2, 0) is 0 Å². The Labute approximate surface area is 80.5 Å². The summed E-state index contributed by atoms with van der Waals surface area (Å²) in [4.78, 5) is 0. The van der Waals surface area contributed by atoms with E-state index in [0.29, 0.717) is 6.04 Å². The van der Waals surface area contributed by atoms with Gasteiger partial charge in [0.05, 0.1) is 0 Å². The Morgan fingerprint density at radius 2 is 2.23 bits per heavy atom. The average Bonchev–Trinajstić information content (AvgIpc) is 2.21. The van der Waals surface area contributed by atoms with E-state index in [4.69, 9.17) is 5.73 Å².